The molecule has 0 saturated carbocycles. The summed E-state index contributed by atoms with van der Waals surface area (Å²) in [4.78, 5) is 14.9. The van der Waals surface area contributed by atoms with Crippen LogP contribution >= 0.6 is 22.7 Å². The van der Waals surface area contributed by atoms with Crippen molar-refractivity contribution in [2.24, 2.45) is 0 Å². The first kappa shape index (κ1) is 32.6. The van der Waals surface area contributed by atoms with Crippen LogP contribution < -0.4 is 0 Å². The third-order valence-electron chi connectivity index (χ3n) is 10.5. The molecule has 3 aromatic heterocycles. The van der Waals surface area contributed by atoms with Gasteiger partial charge in [0.15, 0.2) is 17.5 Å². The van der Waals surface area contributed by atoms with Gasteiger partial charge in [0.1, 0.15) is 0 Å². The van der Waals surface area contributed by atoms with E-state index >= 15 is 0 Å². The summed E-state index contributed by atoms with van der Waals surface area (Å²) in [5, 5.41) is 5.10. The normalized spacial score (nSPS) is 11.6. The highest BCUT2D eigenvalue weighted by molar-refractivity contribution is 7.26. The molecular weight excluding hydrogens is 719 g/mol. The molecule has 8 aromatic carbocycles. The zero-order chi connectivity index (χ0) is 37.0. The zero-order valence-electron chi connectivity index (χ0n) is 30.1. The maximum absolute atomic E-state index is 5.00. The van der Waals surface area contributed by atoms with Crippen molar-refractivity contribution in [1.29, 1.82) is 0 Å². The third kappa shape index (κ3) is 5.77. The SMILES string of the molecule is c1ccc(-c2cccc(-c3cc(-c4ccc5sc6cc(-c7nc(-c8ccccc8)nc(-c8ccccc8)n7)ccc6c5c4)c4c(c3)sc3ccccc34)c2)cc1. The van der Waals surface area contributed by atoms with Crippen molar-refractivity contribution in [3.05, 3.63) is 188 Å². The Morgan fingerprint density at radius 2 is 0.804 bits per heavy atom. The van der Waals surface area contributed by atoms with Gasteiger partial charge in [-0.15, -0.1) is 22.7 Å². The van der Waals surface area contributed by atoms with Crippen molar-refractivity contribution in [2.75, 3.05) is 0 Å². The fourth-order valence-corrected chi connectivity index (χ4v) is 10.1. The van der Waals surface area contributed by atoms with Crippen LogP contribution in [-0.4, -0.2) is 15.0 Å². The van der Waals surface area contributed by atoms with E-state index in [9.17, 15) is 0 Å². The Balaban J connectivity index is 1.05. The largest absolute Gasteiger partial charge is 0.208 e. The predicted octanol–water partition coefficient (Wildman–Crippen LogP) is 14.6. The molecule has 5 heteroatoms. The number of hydrogen-bond acceptors (Lipinski definition) is 5. The fourth-order valence-electron chi connectivity index (χ4n) is 7.78. The van der Waals surface area contributed by atoms with E-state index in [1.54, 1.807) is 0 Å². The maximum Gasteiger partial charge on any atom is 0.164 e. The predicted molar refractivity (Wildman–Crippen MR) is 238 cm³/mol. The van der Waals surface area contributed by atoms with E-state index in [-0.39, 0.29) is 0 Å². The summed E-state index contributed by atoms with van der Waals surface area (Å²) in [7, 11) is 0. The van der Waals surface area contributed by atoms with E-state index in [1.165, 1.54) is 73.7 Å². The molecule has 56 heavy (non-hydrogen) atoms. The molecular formula is C51H31N3S2. The molecule has 11 rings (SSSR count). The van der Waals surface area contributed by atoms with Crippen molar-refractivity contribution in [2.45, 2.75) is 0 Å². The highest BCUT2D eigenvalue weighted by atomic mass is 32.1. The van der Waals surface area contributed by atoms with Crippen LogP contribution in [0.5, 0.6) is 0 Å². The zero-order valence-corrected chi connectivity index (χ0v) is 31.7. The molecule has 0 aliphatic rings. The number of thiophene rings is 2. The van der Waals surface area contributed by atoms with Crippen molar-refractivity contribution >= 4 is 63.0 Å². The van der Waals surface area contributed by atoms with Gasteiger partial charge in [-0.1, -0.05) is 146 Å². The monoisotopic (exact) mass is 749 g/mol. The lowest BCUT2D eigenvalue weighted by Gasteiger charge is -2.11. The van der Waals surface area contributed by atoms with Crippen LogP contribution in [0.1, 0.15) is 0 Å². The summed E-state index contributed by atoms with van der Waals surface area (Å²) in [6, 6.07) is 67.0. The molecule has 0 atom stereocenters. The first-order chi connectivity index (χ1) is 27.7. The van der Waals surface area contributed by atoms with Gasteiger partial charge in [-0.05, 0) is 75.8 Å². The quantitative estimate of drug-likeness (QED) is 0.170. The molecule has 0 aliphatic carbocycles. The van der Waals surface area contributed by atoms with Crippen LogP contribution in [0.25, 0.3) is 108 Å². The van der Waals surface area contributed by atoms with Gasteiger partial charge in [0.05, 0.1) is 0 Å². The molecule has 0 aliphatic heterocycles. The third-order valence-corrected chi connectivity index (χ3v) is 12.8. The van der Waals surface area contributed by atoms with E-state index in [0.717, 1.165) is 16.7 Å². The van der Waals surface area contributed by atoms with E-state index in [2.05, 4.69) is 127 Å². The molecule has 0 amide bonds. The van der Waals surface area contributed by atoms with Gasteiger partial charge in [0.25, 0.3) is 0 Å². The van der Waals surface area contributed by atoms with E-state index in [4.69, 9.17) is 15.0 Å². The average Bonchev–Trinajstić information content (AvgIpc) is 3.84. The minimum absolute atomic E-state index is 0.664. The molecule has 11 aromatic rings. The summed E-state index contributed by atoms with van der Waals surface area (Å²) in [5.41, 5.74) is 10.2. The van der Waals surface area contributed by atoms with Crippen LogP contribution in [0.2, 0.25) is 0 Å². The van der Waals surface area contributed by atoms with Gasteiger partial charge in [-0.2, -0.15) is 0 Å². The Hall–Kier alpha value is -6.79. The lowest BCUT2D eigenvalue weighted by atomic mass is 9.92. The number of benzene rings is 8. The lowest BCUT2D eigenvalue weighted by Crippen LogP contribution is -1.99. The second kappa shape index (κ2) is 13.5. The molecule has 0 radical (unpaired) electrons. The van der Waals surface area contributed by atoms with Crippen molar-refractivity contribution in [3.63, 3.8) is 0 Å². The summed E-state index contributed by atoms with van der Waals surface area (Å²) in [6.07, 6.45) is 0. The molecule has 0 N–H and O–H groups in total. The molecule has 3 nitrogen and oxygen atoms in total. The molecule has 0 unspecified atom stereocenters. The van der Waals surface area contributed by atoms with Crippen molar-refractivity contribution in [1.82, 2.24) is 15.0 Å². The molecule has 0 bridgehead atoms. The Bertz CT molecular complexity index is 3180. The van der Waals surface area contributed by atoms with Crippen LogP contribution in [0.4, 0.5) is 0 Å². The van der Waals surface area contributed by atoms with E-state index in [0.29, 0.717) is 17.5 Å². The second-order valence-electron chi connectivity index (χ2n) is 14.0. The van der Waals surface area contributed by atoms with Crippen molar-refractivity contribution < 1.29 is 0 Å². The highest BCUT2D eigenvalue weighted by Gasteiger charge is 2.17. The number of fused-ring (bicyclic) bond motifs is 6. The minimum atomic E-state index is 0.664. The number of nitrogens with zero attached hydrogens (tertiary/aromatic N) is 3. The summed E-state index contributed by atoms with van der Waals surface area (Å²) in [6.45, 7) is 0. The number of aromatic nitrogens is 3. The van der Waals surface area contributed by atoms with E-state index < -0.39 is 0 Å². The van der Waals surface area contributed by atoms with Gasteiger partial charge < -0.3 is 0 Å². The van der Waals surface area contributed by atoms with Crippen molar-refractivity contribution in [3.8, 4) is 67.5 Å². The maximum atomic E-state index is 5.00. The second-order valence-corrected chi connectivity index (χ2v) is 16.2. The molecule has 0 fully saturated rings. The van der Waals surface area contributed by atoms with Gasteiger partial charge in [0.2, 0.25) is 0 Å². The van der Waals surface area contributed by atoms with Crippen LogP contribution in [0.15, 0.2) is 188 Å². The Morgan fingerprint density at radius 1 is 0.268 bits per heavy atom. The van der Waals surface area contributed by atoms with Gasteiger partial charge in [-0.25, -0.2) is 15.0 Å². The van der Waals surface area contributed by atoms with Crippen LogP contribution in [0, 0.1) is 0 Å². The standard InChI is InChI=1S/C51H31N3S2/c1-4-13-32(14-5-1)35-19-12-20-36(27-35)39-29-42(48-41-21-10-11-22-44(41)56-47(48)31-39)37-24-26-45-43(28-37)40-25-23-38(30-46(40)55-45)51-53-49(33-15-6-2-7-16-33)52-50(54-51)34-17-8-3-9-18-34/h1-31H. The number of rotatable bonds is 6. The molecule has 3 heterocycles. The first-order valence-corrected chi connectivity index (χ1v) is 20.3. The van der Waals surface area contributed by atoms with Crippen LogP contribution in [-0.2, 0) is 0 Å². The Kier molecular flexibility index (Phi) is 7.87. The fraction of sp³-hybridized carbons (Fsp3) is 0. The Labute approximate surface area is 331 Å². The van der Waals surface area contributed by atoms with Gasteiger partial charge in [-0.3, -0.25) is 0 Å². The molecule has 0 saturated heterocycles. The molecule has 0 spiro atoms. The lowest BCUT2D eigenvalue weighted by molar-refractivity contribution is 1.07. The smallest absolute Gasteiger partial charge is 0.164 e. The number of hydrogen-bond donors (Lipinski definition) is 0. The van der Waals surface area contributed by atoms with Crippen LogP contribution in [0.3, 0.4) is 0 Å². The summed E-state index contributed by atoms with van der Waals surface area (Å²) >= 11 is 3.69. The topological polar surface area (TPSA) is 38.7 Å². The highest BCUT2D eigenvalue weighted by Crippen LogP contribution is 2.45. The average molecular weight is 750 g/mol. The summed E-state index contributed by atoms with van der Waals surface area (Å²) < 4.78 is 5.06. The summed E-state index contributed by atoms with van der Waals surface area (Å²) in [5.74, 6) is 1.99. The Morgan fingerprint density at radius 3 is 1.52 bits per heavy atom. The van der Waals surface area contributed by atoms with E-state index in [1.807, 2.05) is 83.3 Å². The molecule has 262 valence electrons. The van der Waals surface area contributed by atoms with Gasteiger partial charge in [0, 0.05) is 57.0 Å². The van der Waals surface area contributed by atoms with Gasteiger partial charge >= 0.3 is 0 Å². The minimum Gasteiger partial charge on any atom is -0.208 e. The first-order valence-electron chi connectivity index (χ1n) is 18.7.